The van der Waals surface area contributed by atoms with Crippen LogP contribution in [0.15, 0.2) is 65.6 Å². The van der Waals surface area contributed by atoms with Crippen molar-refractivity contribution in [1.29, 1.82) is 0 Å². The zero-order valence-electron chi connectivity index (χ0n) is 19.4. The molecule has 170 valence electrons. The number of aliphatic imine (C=N–C) groups is 1. The third kappa shape index (κ3) is 3.99. The average molecular weight is 442 g/mol. The molecule has 1 amide bonds. The van der Waals surface area contributed by atoms with Crippen LogP contribution in [0.3, 0.4) is 0 Å². The molecule has 0 N–H and O–H groups in total. The quantitative estimate of drug-likeness (QED) is 0.666. The number of amides is 1. The fourth-order valence-corrected chi connectivity index (χ4v) is 5.36. The molecule has 1 saturated heterocycles. The summed E-state index contributed by atoms with van der Waals surface area (Å²) in [5.41, 5.74) is 4.93. The zero-order valence-corrected chi connectivity index (χ0v) is 19.4. The molecule has 5 rings (SSSR count). The van der Waals surface area contributed by atoms with E-state index < -0.39 is 0 Å². The largest absolute Gasteiger partial charge is 0.340 e. The molecule has 1 aromatic heterocycles. The first-order valence-corrected chi connectivity index (χ1v) is 12.1. The minimum Gasteiger partial charge on any atom is -0.340 e. The third-order valence-electron chi connectivity index (χ3n) is 7.05. The van der Waals surface area contributed by atoms with Gasteiger partial charge in [-0.1, -0.05) is 62.2 Å². The second-order valence-electron chi connectivity index (χ2n) is 9.04. The first kappa shape index (κ1) is 21.6. The zero-order chi connectivity index (χ0) is 22.8. The van der Waals surface area contributed by atoms with E-state index in [1.165, 1.54) is 12.8 Å². The van der Waals surface area contributed by atoms with E-state index in [2.05, 4.69) is 46.3 Å². The number of nitrogens with zero attached hydrogens (tertiary/aromatic N) is 5. The van der Waals surface area contributed by atoms with Gasteiger partial charge in [-0.25, -0.2) is 4.99 Å². The lowest BCUT2D eigenvalue weighted by Crippen LogP contribution is -2.60. The van der Waals surface area contributed by atoms with Gasteiger partial charge in [-0.15, -0.1) is 0 Å². The van der Waals surface area contributed by atoms with Gasteiger partial charge in [0, 0.05) is 24.2 Å². The van der Waals surface area contributed by atoms with E-state index in [1.807, 2.05) is 42.5 Å². The molecule has 2 aromatic rings. The fourth-order valence-electron chi connectivity index (χ4n) is 5.36. The van der Waals surface area contributed by atoms with Crippen LogP contribution in [-0.2, 0) is 4.79 Å². The highest BCUT2D eigenvalue weighted by molar-refractivity contribution is 6.09. The lowest BCUT2D eigenvalue weighted by Gasteiger charge is -2.46. The molecule has 1 atom stereocenters. The van der Waals surface area contributed by atoms with Crippen molar-refractivity contribution in [1.82, 2.24) is 20.0 Å². The summed E-state index contributed by atoms with van der Waals surface area (Å²) in [6, 6.07) is 10.5. The maximum atomic E-state index is 13.3. The lowest BCUT2D eigenvalue weighted by atomic mass is 9.98. The van der Waals surface area contributed by atoms with E-state index in [0.29, 0.717) is 6.04 Å². The average Bonchev–Trinajstić information content (AvgIpc) is 3.37. The molecule has 0 bridgehead atoms. The molecule has 0 radical (unpaired) electrons. The minimum absolute atomic E-state index is 0.168. The molecule has 3 heterocycles. The summed E-state index contributed by atoms with van der Waals surface area (Å²) in [4.78, 5) is 22.8. The van der Waals surface area contributed by atoms with E-state index in [9.17, 15) is 4.79 Å². The van der Waals surface area contributed by atoms with E-state index in [0.717, 1.165) is 66.0 Å². The smallest absolute Gasteiger partial charge is 0.249 e. The summed E-state index contributed by atoms with van der Waals surface area (Å²) >= 11 is 0. The van der Waals surface area contributed by atoms with E-state index in [1.54, 1.807) is 0 Å². The molecular weight excluding hydrogens is 410 g/mol. The van der Waals surface area contributed by atoms with Crippen molar-refractivity contribution in [3.63, 3.8) is 0 Å². The molecule has 1 aliphatic carbocycles. The molecule has 33 heavy (non-hydrogen) atoms. The first-order valence-electron chi connectivity index (χ1n) is 12.1. The number of hydrogen-bond donors (Lipinski definition) is 0. The van der Waals surface area contributed by atoms with Crippen molar-refractivity contribution in [2.45, 2.75) is 64.0 Å². The highest BCUT2D eigenvalue weighted by atomic mass is 16.2. The molecule has 3 aliphatic rings. The molecule has 1 aromatic carbocycles. The number of hydrogen-bond acceptors (Lipinski definition) is 5. The molecule has 2 aliphatic heterocycles. The van der Waals surface area contributed by atoms with Crippen molar-refractivity contribution in [2.75, 3.05) is 7.05 Å². The summed E-state index contributed by atoms with van der Waals surface area (Å²) in [5, 5.41) is 8.37. The first-order chi connectivity index (χ1) is 16.2. The van der Waals surface area contributed by atoms with Gasteiger partial charge in [-0.05, 0) is 37.7 Å². The van der Waals surface area contributed by atoms with Gasteiger partial charge in [-0.3, -0.25) is 4.79 Å². The predicted octanol–water partition coefficient (Wildman–Crippen LogP) is 5.06. The number of benzene rings is 1. The Morgan fingerprint density at radius 2 is 1.67 bits per heavy atom. The van der Waals surface area contributed by atoms with Crippen LogP contribution in [0.25, 0.3) is 16.8 Å². The molecule has 6 heteroatoms. The molecule has 6 nitrogen and oxygen atoms in total. The van der Waals surface area contributed by atoms with Gasteiger partial charge < -0.3 is 9.80 Å². The van der Waals surface area contributed by atoms with Crippen LogP contribution in [0.5, 0.6) is 0 Å². The highest BCUT2D eigenvalue weighted by Crippen LogP contribution is 2.36. The number of allylic oxidation sites excluding steroid dienone is 2. The van der Waals surface area contributed by atoms with Gasteiger partial charge in [0.2, 0.25) is 5.91 Å². The Hall–Kier alpha value is -3.28. The topological polar surface area (TPSA) is 61.7 Å². The Morgan fingerprint density at radius 1 is 0.970 bits per heavy atom. The molecule has 0 unspecified atom stereocenters. The van der Waals surface area contributed by atoms with E-state index in [-0.39, 0.29) is 11.9 Å². The minimum atomic E-state index is -0.168. The van der Waals surface area contributed by atoms with Gasteiger partial charge in [-0.2, -0.15) is 10.2 Å². The summed E-state index contributed by atoms with van der Waals surface area (Å²) in [6.07, 6.45) is 15.2. The molecule has 1 saturated carbocycles. The number of carbonyl (C=O) groups excluding carboxylic acids is 1. The van der Waals surface area contributed by atoms with E-state index >= 15 is 0 Å². The van der Waals surface area contributed by atoms with Crippen LogP contribution >= 0.6 is 0 Å². The number of piperazine rings is 1. The van der Waals surface area contributed by atoms with Crippen LogP contribution in [0.4, 0.5) is 0 Å². The number of fused-ring (bicyclic) bond motifs is 1. The van der Waals surface area contributed by atoms with Gasteiger partial charge in [0.25, 0.3) is 0 Å². The van der Waals surface area contributed by atoms with Crippen molar-refractivity contribution >= 4 is 17.4 Å². The third-order valence-corrected chi connectivity index (χ3v) is 7.05. The van der Waals surface area contributed by atoms with Crippen molar-refractivity contribution < 1.29 is 4.79 Å². The highest BCUT2D eigenvalue weighted by Gasteiger charge is 2.43. The lowest BCUT2D eigenvalue weighted by molar-refractivity contribution is -0.134. The van der Waals surface area contributed by atoms with Crippen LogP contribution in [0.1, 0.15) is 57.4 Å². The van der Waals surface area contributed by atoms with E-state index in [4.69, 9.17) is 4.99 Å². The predicted molar refractivity (Wildman–Crippen MR) is 131 cm³/mol. The normalized spacial score (nSPS) is 26.4. The second-order valence-corrected chi connectivity index (χ2v) is 9.04. The second kappa shape index (κ2) is 9.30. The summed E-state index contributed by atoms with van der Waals surface area (Å²) in [5.74, 6) is 1.11. The Kier molecular flexibility index (Phi) is 6.07. The fraction of sp³-hybridized carbons (Fsp3) is 0.407. The summed E-state index contributed by atoms with van der Waals surface area (Å²) in [7, 11) is 1.90. The summed E-state index contributed by atoms with van der Waals surface area (Å²) < 4.78 is 0. The molecule has 0 spiro atoms. The van der Waals surface area contributed by atoms with Crippen LogP contribution in [-0.4, -0.2) is 50.9 Å². The van der Waals surface area contributed by atoms with Crippen molar-refractivity contribution in [3.8, 4) is 11.1 Å². The number of carbonyl (C=O) groups is 1. The maximum absolute atomic E-state index is 13.3. The van der Waals surface area contributed by atoms with Gasteiger partial charge in [0.05, 0.1) is 23.8 Å². The Labute approximate surface area is 195 Å². The SMILES string of the molecule is CC[C@@H]1C(=O)N(C)C2=C\CC\C=C(c3cnncc3-c3ccccc3)/N=C/2N1C1CCCC1. The van der Waals surface area contributed by atoms with Crippen molar-refractivity contribution in [2.24, 2.45) is 4.99 Å². The number of aromatic nitrogens is 2. The monoisotopic (exact) mass is 441 g/mol. The number of amidine groups is 1. The number of rotatable bonds is 4. The standard InChI is InChI=1S/C27H31N5O/c1-3-24-27(33)31(2)25-16-10-9-15-23(30-26(25)32(24)20-13-7-8-14-20)22-18-29-28-17-21(22)19-11-5-4-6-12-19/h4-6,11-12,15-18,20,24H,3,7-10,13-14H2,1-2H3/b23-15-,25-16+,30-26-/t24-/m1/s1. The van der Waals surface area contributed by atoms with Crippen LogP contribution in [0.2, 0.25) is 0 Å². The Balaban J connectivity index is 1.66. The summed E-state index contributed by atoms with van der Waals surface area (Å²) in [6.45, 7) is 2.10. The molecular formula is C27H31N5O. The Bertz CT molecular complexity index is 1110. The van der Waals surface area contributed by atoms with Gasteiger partial charge in [0.15, 0.2) is 5.84 Å². The Morgan fingerprint density at radius 3 is 2.39 bits per heavy atom. The van der Waals surface area contributed by atoms with Gasteiger partial charge in [0.1, 0.15) is 6.04 Å². The van der Waals surface area contributed by atoms with Crippen LogP contribution in [0, 0.1) is 0 Å². The number of likely N-dealkylation sites (N-methyl/N-ethyl adjacent to an activating group) is 1. The van der Waals surface area contributed by atoms with Crippen LogP contribution < -0.4 is 0 Å². The molecule has 2 fully saturated rings. The van der Waals surface area contributed by atoms with Gasteiger partial charge >= 0.3 is 0 Å². The van der Waals surface area contributed by atoms with Crippen molar-refractivity contribution in [3.05, 3.63) is 66.1 Å². The maximum Gasteiger partial charge on any atom is 0.249 e.